The number of hydrogen-bond acceptors (Lipinski definition) is 4. The van der Waals surface area contributed by atoms with E-state index in [4.69, 9.17) is 9.47 Å². The average Bonchev–Trinajstić information content (AvgIpc) is 2.88. The molecule has 1 aliphatic rings. The molecule has 200 valence electrons. The van der Waals surface area contributed by atoms with E-state index in [9.17, 15) is 9.59 Å². The van der Waals surface area contributed by atoms with Crippen LogP contribution in [0.2, 0.25) is 0 Å². The molecule has 6 heteroatoms. The molecule has 0 spiro atoms. The molecule has 0 aliphatic carbocycles. The number of fused-ring (bicyclic) bond motifs is 2. The van der Waals surface area contributed by atoms with Gasteiger partial charge in [0.05, 0.1) is 30.0 Å². The van der Waals surface area contributed by atoms with Crippen molar-refractivity contribution >= 4 is 29.7 Å². The maximum absolute atomic E-state index is 13.3. The van der Waals surface area contributed by atoms with Crippen LogP contribution < -0.4 is 10.2 Å². The number of methoxy groups -OCH3 is 1. The smallest absolute Gasteiger partial charge is 0.227 e. The normalized spacial score (nSPS) is 15.5. The molecule has 0 aromatic heterocycles. The average molecular weight is 507 g/mol. The molecule has 1 N–H and O–H groups in total. The number of benzene rings is 2. The summed E-state index contributed by atoms with van der Waals surface area (Å²) in [5.74, 6) is -0.178. The first-order chi connectivity index (χ1) is 17.7. The zero-order valence-corrected chi connectivity index (χ0v) is 23.0. The number of hydrogen-bond donors (Lipinski definition) is 1. The minimum absolute atomic E-state index is 0.0600. The topological polar surface area (TPSA) is 67.9 Å². The summed E-state index contributed by atoms with van der Waals surface area (Å²) in [6.07, 6.45) is 6.80. The van der Waals surface area contributed by atoms with Crippen molar-refractivity contribution in [1.29, 1.82) is 0 Å². The van der Waals surface area contributed by atoms with Crippen molar-refractivity contribution in [2.45, 2.75) is 77.5 Å². The second-order valence-electron chi connectivity index (χ2n) is 10.5. The summed E-state index contributed by atoms with van der Waals surface area (Å²) in [5.41, 5.74) is 3.50. The van der Waals surface area contributed by atoms with E-state index in [1.54, 1.807) is 12.0 Å². The van der Waals surface area contributed by atoms with Crippen molar-refractivity contribution in [2.75, 3.05) is 25.2 Å². The van der Waals surface area contributed by atoms with Crippen LogP contribution in [0, 0.1) is 0 Å². The third-order valence-electron chi connectivity index (χ3n) is 7.35. The van der Waals surface area contributed by atoms with E-state index in [2.05, 4.69) is 31.3 Å². The lowest BCUT2D eigenvalue weighted by atomic mass is 9.98. The quantitative estimate of drug-likeness (QED) is 0.384. The van der Waals surface area contributed by atoms with E-state index >= 15 is 0 Å². The Morgan fingerprint density at radius 2 is 1.62 bits per heavy atom. The first-order valence-electron chi connectivity index (χ1n) is 13.3. The molecule has 0 fully saturated rings. The Labute approximate surface area is 222 Å². The number of anilines is 1. The van der Waals surface area contributed by atoms with E-state index < -0.39 is 0 Å². The fourth-order valence-electron chi connectivity index (χ4n) is 4.28. The minimum atomic E-state index is -0.317. The molecule has 2 aromatic rings. The van der Waals surface area contributed by atoms with Gasteiger partial charge < -0.3 is 19.7 Å². The first kappa shape index (κ1) is 28.6. The van der Waals surface area contributed by atoms with E-state index in [-0.39, 0.29) is 35.9 Å². The number of nitrogens with one attached hydrogen (secondary N) is 1. The van der Waals surface area contributed by atoms with Crippen LogP contribution in [0.25, 0.3) is 12.2 Å². The van der Waals surface area contributed by atoms with Crippen molar-refractivity contribution < 1.29 is 19.1 Å². The molecule has 37 heavy (non-hydrogen) atoms. The predicted molar refractivity (Wildman–Crippen MR) is 150 cm³/mol. The molecule has 3 rings (SSSR count). The van der Waals surface area contributed by atoms with Crippen molar-refractivity contribution in [3.63, 3.8) is 0 Å². The molecular formula is C31H42N2O4. The highest BCUT2D eigenvalue weighted by atomic mass is 16.5. The van der Waals surface area contributed by atoms with Crippen LogP contribution >= 0.6 is 0 Å². The van der Waals surface area contributed by atoms with Gasteiger partial charge in [0, 0.05) is 26.5 Å². The van der Waals surface area contributed by atoms with Crippen molar-refractivity contribution in [3.8, 4) is 0 Å². The highest BCUT2D eigenvalue weighted by molar-refractivity contribution is 5.98. The number of carbonyl (C=O) groups is 2. The summed E-state index contributed by atoms with van der Waals surface area (Å²) in [5, 5.41) is 2.98. The molecule has 2 aromatic carbocycles. The second kappa shape index (κ2) is 13.0. The van der Waals surface area contributed by atoms with Crippen LogP contribution in [0.4, 0.5) is 5.69 Å². The number of nitrogens with zero attached hydrogens (tertiary/aromatic N) is 1. The zero-order valence-electron chi connectivity index (χ0n) is 23.0. The van der Waals surface area contributed by atoms with E-state index in [0.29, 0.717) is 26.1 Å². The number of para-hydroxylation sites is 1. The summed E-state index contributed by atoms with van der Waals surface area (Å²) in [6.45, 7) is 9.85. The second-order valence-corrected chi connectivity index (χ2v) is 10.5. The fraction of sp³-hybridized carbons (Fsp3) is 0.484. The van der Waals surface area contributed by atoms with E-state index in [1.165, 1.54) is 0 Å². The number of amides is 2. The van der Waals surface area contributed by atoms with Gasteiger partial charge in [0.1, 0.15) is 0 Å². The molecule has 0 saturated carbocycles. The minimum Gasteiger partial charge on any atom is -0.379 e. The summed E-state index contributed by atoms with van der Waals surface area (Å²) in [4.78, 5) is 27.7. The molecule has 1 heterocycles. The van der Waals surface area contributed by atoms with Crippen LogP contribution in [0.3, 0.4) is 0 Å². The lowest BCUT2D eigenvalue weighted by Crippen LogP contribution is -2.37. The summed E-state index contributed by atoms with van der Waals surface area (Å²) in [7, 11) is 1.71. The number of rotatable bonds is 12. The first-order valence-corrected chi connectivity index (χ1v) is 13.3. The van der Waals surface area contributed by atoms with Crippen LogP contribution in [0.1, 0.15) is 76.5 Å². The predicted octanol–water partition coefficient (Wildman–Crippen LogP) is 5.99. The molecule has 2 amide bonds. The maximum Gasteiger partial charge on any atom is 0.227 e. The Balaban J connectivity index is 1.53. The van der Waals surface area contributed by atoms with Gasteiger partial charge in [-0.05, 0) is 62.8 Å². The Kier molecular flexibility index (Phi) is 10.1. The van der Waals surface area contributed by atoms with Crippen molar-refractivity contribution in [2.24, 2.45) is 0 Å². The van der Waals surface area contributed by atoms with Crippen molar-refractivity contribution in [1.82, 2.24) is 5.32 Å². The van der Waals surface area contributed by atoms with Gasteiger partial charge in [-0.15, -0.1) is 0 Å². The van der Waals surface area contributed by atoms with Gasteiger partial charge in [-0.3, -0.25) is 9.59 Å². The van der Waals surface area contributed by atoms with Crippen LogP contribution in [0.15, 0.2) is 48.5 Å². The van der Waals surface area contributed by atoms with Gasteiger partial charge in [-0.2, -0.15) is 0 Å². The van der Waals surface area contributed by atoms with E-state index in [1.807, 2.05) is 62.4 Å². The Morgan fingerprint density at radius 1 is 0.946 bits per heavy atom. The molecule has 1 aliphatic heterocycles. The summed E-state index contributed by atoms with van der Waals surface area (Å²) in [6, 6.07) is 16.0. The van der Waals surface area contributed by atoms with Crippen LogP contribution in [-0.4, -0.2) is 43.3 Å². The van der Waals surface area contributed by atoms with Crippen LogP contribution in [0.5, 0.6) is 0 Å². The molecule has 1 unspecified atom stereocenters. The van der Waals surface area contributed by atoms with Gasteiger partial charge in [-0.1, -0.05) is 61.5 Å². The highest BCUT2D eigenvalue weighted by Crippen LogP contribution is 2.29. The Bertz CT molecular complexity index is 1090. The van der Waals surface area contributed by atoms with Gasteiger partial charge in [0.15, 0.2) is 0 Å². The molecule has 0 saturated heterocycles. The molecule has 1 atom stereocenters. The fourth-order valence-corrected chi connectivity index (χ4v) is 4.28. The molecule has 6 nitrogen and oxygen atoms in total. The highest BCUT2D eigenvalue weighted by Gasteiger charge is 2.25. The third-order valence-corrected chi connectivity index (χ3v) is 7.35. The van der Waals surface area contributed by atoms with Crippen molar-refractivity contribution in [3.05, 3.63) is 65.2 Å². The molecule has 0 bridgehead atoms. The third kappa shape index (κ3) is 8.27. The Morgan fingerprint density at radius 3 is 2.35 bits per heavy atom. The maximum atomic E-state index is 13.3. The van der Waals surface area contributed by atoms with Gasteiger partial charge in [-0.25, -0.2) is 0 Å². The number of ether oxygens (including phenoxy) is 2. The van der Waals surface area contributed by atoms with Gasteiger partial charge in [0.25, 0.3) is 0 Å². The summed E-state index contributed by atoms with van der Waals surface area (Å²) >= 11 is 0. The summed E-state index contributed by atoms with van der Waals surface area (Å²) < 4.78 is 11.6. The largest absolute Gasteiger partial charge is 0.379 e. The monoisotopic (exact) mass is 506 g/mol. The number of carbonyl (C=O) groups excluding carboxylic acids is 2. The standard InChI is InChI=1S/C31H42N2O4/c1-6-31(4,37-22-20-30(2,3)36-5)19-21-32-28(34)17-18-29(35)33-23-26-13-8-7-11-24(26)15-16-25-12-9-10-14-27(25)33/h7-16H,6,17-23H2,1-5H3,(H,32,34)/b16-15-. The van der Waals surface area contributed by atoms with Crippen LogP contribution in [-0.2, 0) is 25.6 Å². The lowest BCUT2D eigenvalue weighted by Gasteiger charge is -2.31. The Hall–Kier alpha value is -2.96. The molecule has 0 radical (unpaired) electrons. The van der Waals surface area contributed by atoms with Gasteiger partial charge in [0.2, 0.25) is 11.8 Å². The van der Waals surface area contributed by atoms with Gasteiger partial charge >= 0.3 is 0 Å². The SMILES string of the molecule is CCC(C)(CCNC(=O)CCC(=O)N1Cc2ccccc2/C=C\c2ccccc21)OCCC(C)(C)OC. The zero-order chi connectivity index (χ0) is 26.9. The lowest BCUT2D eigenvalue weighted by molar-refractivity contribution is -0.125. The van der Waals surface area contributed by atoms with E-state index in [0.717, 1.165) is 35.2 Å². The molecular weight excluding hydrogens is 464 g/mol.